The Kier molecular flexibility index (Phi) is 3.22. The van der Waals surface area contributed by atoms with E-state index in [1.807, 2.05) is 26.0 Å². The van der Waals surface area contributed by atoms with Gasteiger partial charge in [0.05, 0.1) is 5.69 Å². The van der Waals surface area contributed by atoms with Crippen LogP contribution < -0.4 is 10.9 Å². The maximum Gasteiger partial charge on any atom is 0.338 e. The molecule has 1 heterocycles. The highest BCUT2D eigenvalue weighted by atomic mass is 19.1. The number of aryl methyl sites for hydroxylation is 2. The molecule has 0 spiro atoms. The van der Waals surface area contributed by atoms with E-state index in [1.165, 1.54) is 18.2 Å². The molecule has 0 bridgehead atoms. The van der Waals surface area contributed by atoms with Gasteiger partial charge in [0.25, 0.3) is 0 Å². The van der Waals surface area contributed by atoms with Crippen molar-refractivity contribution in [2.24, 2.45) is 0 Å². The van der Waals surface area contributed by atoms with E-state index in [4.69, 9.17) is 4.42 Å². The second-order valence-electron chi connectivity index (χ2n) is 5.04. The van der Waals surface area contributed by atoms with Crippen molar-refractivity contribution in [2.45, 2.75) is 13.8 Å². The van der Waals surface area contributed by atoms with Crippen LogP contribution >= 0.6 is 0 Å². The molecular formula is C17H14FNO2. The van der Waals surface area contributed by atoms with E-state index < -0.39 is 5.63 Å². The molecule has 0 aliphatic carbocycles. The van der Waals surface area contributed by atoms with Gasteiger partial charge in [-0.2, -0.15) is 0 Å². The summed E-state index contributed by atoms with van der Waals surface area (Å²) in [4.78, 5) is 11.7. The van der Waals surface area contributed by atoms with E-state index in [2.05, 4.69) is 5.32 Å². The number of hydrogen-bond donors (Lipinski definition) is 1. The van der Waals surface area contributed by atoms with E-state index >= 15 is 0 Å². The summed E-state index contributed by atoms with van der Waals surface area (Å²) < 4.78 is 18.2. The second kappa shape index (κ2) is 5.05. The molecule has 106 valence electrons. The highest BCUT2D eigenvalue weighted by Gasteiger charge is 2.08. The molecule has 0 atom stereocenters. The van der Waals surface area contributed by atoms with Crippen molar-refractivity contribution in [3.63, 3.8) is 0 Å². The summed E-state index contributed by atoms with van der Waals surface area (Å²) in [6, 6.07) is 11.2. The third-order valence-electron chi connectivity index (χ3n) is 3.48. The van der Waals surface area contributed by atoms with Gasteiger partial charge in [-0.25, -0.2) is 9.18 Å². The van der Waals surface area contributed by atoms with Crippen molar-refractivity contribution in [2.75, 3.05) is 5.32 Å². The van der Waals surface area contributed by atoms with Gasteiger partial charge >= 0.3 is 5.63 Å². The molecule has 0 amide bonds. The smallest absolute Gasteiger partial charge is 0.338 e. The van der Waals surface area contributed by atoms with E-state index in [-0.39, 0.29) is 5.82 Å². The van der Waals surface area contributed by atoms with Crippen LogP contribution in [0, 0.1) is 19.7 Å². The predicted molar refractivity (Wildman–Crippen MR) is 81.6 cm³/mol. The van der Waals surface area contributed by atoms with Crippen LogP contribution in [0.3, 0.4) is 0 Å². The normalized spacial score (nSPS) is 10.8. The lowest BCUT2D eigenvalue weighted by molar-refractivity contribution is 0.561. The number of anilines is 2. The minimum atomic E-state index is -0.421. The Balaban J connectivity index is 2.15. The van der Waals surface area contributed by atoms with Gasteiger partial charge in [0.15, 0.2) is 0 Å². The SMILES string of the molecule is Cc1cc2oc(=O)cc(Nc3ccc(F)cc3)c2cc1C. The Bertz CT molecular complexity index is 866. The number of hydrogen-bond acceptors (Lipinski definition) is 3. The fourth-order valence-electron chi connectivity index (χ4n) is 2.21. The van der Waals surface area contributed by atoms with Gasteiger partial charge in [0, 0.05) is 17.1 Å². The molecule has 3 aromatic rings. The first-order valence-electron chi connectivity index (χ1n) is 6.60. The summed E-state index contributed by atoms with van der Waals surface area (Å²) in [5.74, 6) is -0.301. The lowest BCUT2D eigenvalue weighted by Gasteiger charge is -2.10. The van der Waals surface area contributed by atoms with Crippen molar-refractivity contribution in [3.05, 3.63) is 69.8 Å². The first-order valence-corrected chi connectivity index (χ1v) is 6.60. The first kappa shape index (κ1) is 13.4. The average Bonchev–Trinajstić information content (AvgIpc) is 2.43. The fraction of sp³-hybridized carbons (Fsp3) is 0.118. The molecule has 21 heavy (non-hydrogen) atoms. The zero-order valence-corrected chi connectivity index (χ0v) is 11.7. The molecule has 1 aromatic heterocycles. The van der Waals surface area contributed by atoms with Gasteiger partial charge in [0.2, 0.25) is 0 Å². The highest BCUT2D eigenvalue weighted by Crippen LogP contribution is 2.27. The van der Waals surface area contributed by atoms with Crippen LogP contribution in [0.4, 0.5) is 15.8 Å². The van der Waals surface area contributed by atoms with Crippen molar-refractivity contribution in [1.82, 2.24) is 0 Å². The highest BCUT2D eigenvalue weighted by molar-refractivity contribution is 5.92. The van der Waals surface area contributed by atoms with Crippen LogP contribution in [-0.4, -0.2) is 0 Å². The van der Waals surface area contributed by atoms with E-state index in [1.54, 1.807) is 12.1 Å². The Labute approximate surface area is 121 Å². The summed E-state index contributed by atoms with van der Waals surface area (Å²) in [6.45, 7) is 3.97. The van der Waals surface area contributed by atoms with Crippen LogP contribution in [0.1, 0.15) is 11.1 Å². The molecule has 2 aromatic carbocycles. The third-order valence-corrected chi connectivity index (χ3v) is 3.48. The Morgan fingerprint density at radius 1 is 1.00 bits per heavy atom. The molecule has 0 fully saturated rings. The zero-order valence-electron chi connectivity index (χ0n) is 11.7. The van der Waals surface area contributed by atoms with Gasteiger partial charge < -0.3 is 9.73 Å². The van der Waals surface area contributed by atoms with Crippen molar-refractivity contribution >= 4 is 22.3 Å². The van der Waals surface area contributed by atoms with Crippen LogP contribution in [0.15, 0.2) is 51.7 Å². The zero-order chi connectivity index (χ0) is 15.0. The standard InChI is InChI=1S/C17H14FNO2/c1-10-7-14-15(19-13-5-3-12(18)4-6-13)9-17(20)21-16(14)8-11(10)2/h3-9,19H,1-2H3. The van der Waals surface area contributed by atoms with E-state index in [9.17, 15) is 9.18 Å². The molecule has 0 aliphatic rings. The van der Waals surface area contributed by atoms with E-state index in [0.29, 0.717) is 17.0 Å². The summed E-state index contributed by atoms with van der Waals surface area (Å²) in [5.41, 5.74) is 3.64. The average molecular weight is 283 g/mol. The lowest BCUT2D eigenvalue weighted by Crippen LogP contribution is -2.01. The first-order chi connectivity index (χ1) is 10.0. The Morgan fingerprint density at radius 3 is 2.38 bits per heavy atom. The predicted octanol–water partition coefficient (Wildman–Crippen LogP) is 4.29. The molecule has 0 saturated heterocycles. The maximum absolute atomic E-state index is 12.9. The molecular weight excluding hydrogens is 269 g/mol. The van der Waals surface area contributed by atoms with Gasteiger partial charge in [0.1, 0.15) is 11.4 Å². The fourth-order valence-corrected chi connectivity index (χ4v) is 2.21. The molecule has 4 heteroatoms. The van der Waals surface area contributed by atoms with Crippen LogP contribution in [-0.2, 0) is 0 Å². The number of fused-ring (bicyclic) bond motifs is 1. The largest absolute Gasteiger partial charge is 0.423 e. The second-order valence-corrected chi connectivity index (χ2v) is 5.04. The minimum Gasteiger partial charge on any atom is -0.423 e. The van der Waals surface area contributed by atoms with Gasteiger partial charge in [-0.15, -0.1) is 0 Å². The molecule has 1 N–H and O–H groups in total. The van der Waals surface area contributed by atoms with Crippen molar-refractivity contribution in [3.8, 4) is 0 Å². The molecule has 0 unspecified atom stereocenters. The van der Waals surface area contributed by atoms with Crippen LogP contribution in [0.5, 0.6) is 0 Å². The molecule has 3 nitrogen and oxygen atoms in total. The minimum absolute atomic E-state index is 0.301. The number of nitrogens with one attached hydrogen (secondary N) is 1. The summed E-state index contributed by atoms with van der Waals surface area (Å²) in [6.07, 6.45) is 0. The summed E-state index contributed by atoms with van der Waals surface area (Å²) in [5, 5.41) is 3.96. The summed E-state index contributed by atoms with van der Waals surface area (Å²) >= 11 is 0. The number of rotatable bonds is 2. The van der Waals surface area contributed by atoms with Gasteiger partial charge in [-0.05, 0) is 61.4 Å². The van der Waals surface area contributed by atoms with Crippen molar-refractivity contribution in [1.29, 1.82) is 0 Å². The topological polar surface area (TPSA) is 42.2 Å². The van der Waals surface area contributed by atoms with Crippen LogP contribution in [0.25, 0.3) is 11.0 Å². The molecule has 0 radical (unpaired) electrons. The molecule has 0 saturated carbocycles. The van der Waals surface area contributed by atoms with Gasteiger partial charge in [-0.3, -0.25) is 0 Å². The Hall–Kier alpha value is -2.62. The summed E-state index contributed by atoms with van der Waals surface area (Å²) in [7, 11) is 0. The van der Waals surface area contributed by atoms with Gasteiger partial charge in [-0.1, -0.05) is 0 Å². The third kappa shape index (κ3) is 2.65. The molecule has 0 aliphatic heterocycles. The quantitative estimate of drug-likeness (QED) is 0.713. The lowest BCUT2D eigenvalue weighted by atomic mass is 10.1. The maximum atomic E-state index is 12.9. The van der Waals surface area contributed by atoms with Crippen LogP contribution in [0.2, 0.25) is 0 Å². The number of benzene rings is 2. The Morgan fingerprint density at radius 2 is 1.67 bits per heavy atom. The molecule has 3 rings (SSSR count). The van der Waals surface area contributed by atoms with E-state index in [0.717, 1.165) is 16.5 Å². The monoisotopic (exact) mass is 283 g/mol. The number of halogens is 1. The van der Waals surface area contributed by atoms with Crippen molar-refractivity contribution < 1.29 is 8.81 Å².